The highest BCUT2D eigenvalue weighted by molar-refractivity contribution is 6.29. The molecule has 2 nitrogen and oxygen atoms in total. The van der Waals surface area contributed by atoms with E-state index in [2.05, 4.69) is 91.4 Å². The van der Waals surface area contributed by atoms with Crippen molar-refractivity contribution in [2.75, 3.05) is 19.1 Å². The van der Waals surface area contributed by atoms with Crippen LogP contribution in [-0.4, -0.2) is 18.8 Å². The van der Waals surface area contributed by atoms with Gasteiger partial charge in [0.2, 0.25) is 0 Å². The summed E-state index contributed by atoms with van der Waals surface area (Å²) in [6.45, 7) is 2.38. The van der Waals surface area contributed by atoms with Gasteiger partial charge in [-0.15, -0.1) is 0 Å². The first kappa shape index (κ1) is 15.1. The maximum absolute atomic E-state index is 2.42. The van der Waals surface area contributed by atoms with Gasteiger partial charge in [-0.1, -0.05) is 61.5 Å². The number of benzene rings is 4. The molecule has 132 valence electrons. The Morgan fingerprint density at radius 3 is 2.52 bits per heavy atom. The predicted octanol–water partition coefficient (Wildman–Crippen LogP) is 5.31. The quantitative estimate of drug-likeness (QED) is 0.398. The summed E-state index contributed by atoms with van der Waals surface area (Å²) in [6.07, 6.45) is 3.53. The van der Waals surface area contributed by atoms with Gasteiger partial charge in [-0.2, -0.15) is 0 Å². The Balaban J connectivity index is 2.09. The van der Waals surface area contributed by atoms with Gasteiger partial charge in [0, 0.05) is 24.9 Å². The molecule has 0 spiro atoms. The smallest absolute Gasteiger partial charge is 0.0755 e. The maximum atomic E-state index is 2.42. The lowest BCUT2D eigenvalue weighted by Crippen LogP contribution is -2.25. The number of nitrogens with zero attached hydrogens (tertiary/aromatic N) is 2. The van der Waals surface area contributed by atoms with Crippen molar-refractivity contribution in [3.63, 3.8) is 0 Å². The van der Waals surface area contributed by atoms with Crippen molar-refractivity contribution in [1.82, 2.24) is 4.68 Å². The van der Waals surface area contributed by atoms with Crippen LogP contribution in [0.2, 0.25) is 0 Å². The van der Waals surface area contributed by atoms with Gasteiger partial charge in [0.1, 0.15) is 0 Å². The normalized spacial score (nSPS) is 16.5. The van der Waals surface area contributed by atoms with E-state index in [9.17, 15) is 0 Å². The van der Waals surface area contributed by atoms with Crippen LogP contribution in [0.15, 0.2) is 54.6 Å². The van der Waals surface area contributed by atoms with Crippen molar-refractivity contribution in [3.8, 4) is 0 Å². The number of para-hydroxylation sites is 1. The summed E-state index contributed by atoms with van der Waals surface area (Å²) < 4.78 is 2.42. The van der Waals surface area contributed by atoms with Crippen molar-refractivity contribution in [3.05, 3.63) is 65.4 Å². The molecule has 0 aliphatic heterocycles. The molecule has 0 amide bonds. The molecule has 0 N–H and O–H groups in total. The van der Waals surface area contributed by atoms with Crippen LogP contribution in [0.5, 0.6) is 0 Å². The van der Waals surface area contributed by atoms with Gasteiger partial charge >= 0.3 is 0 Å². The van der Waals surface area contributed by atoms with E-state index in [1.807, 2.05) is 0 Å². The monoisotopic (exact) mass is 350 g/mol. The lowest BCUT2D eigenvalue weighted by Gasteiger charge is -2.25. The Kier molecular flexibility index (Phi) is 2.82. The van der Waals surface area contributed by atoms with E-state index < -0.39 is 0 Å². The van der Waals surface area contributed by atoms with Crippen molar-refractivity contribution in [1.29, 1.82) is 0 Å². The van der Waals surface area contributed by atoms with Crippen LogP contribution >= 0.6 is 0 Å². The van der Waals surface area contributed by atoms with Crippen LogP contribution in [0.25, 0.3) is 49.4 Å². The van der Waals surface area contributed by atoms with Crippen molar-refractivity contribution in [2.45, 2.75) is 19.3 Å². The van der Waals surface area contributed by atoms with Gasteiger partial charge in [0.05, 0.1) is 11.0 Å². The minimum atomic E-state index is 0.512. The van der Waals surface area contributed by atoms with Crippen LogP contribution < -0.4 is 10.2 Å². The van der Waals surface area contributed by atoms with Gasteiger partial charge < -0.3 is 5.01 Å². The molecule has 27 heavy (non-hydrogen) atoms. The number of hydrogen-bond donors (Lipinski definition) is 0. The Bertz CT molecular complexity index is 1440. The molecule has 0 radical (unpaired) electrons. The Morgan fingerprint density at radius 2 is 1.67 bits per heavy atom. The number of aromatic nitrogens is 1. The minimum Gasteiger partial charge on any atom is -0.318 e. The topological polar surface area (TPSA) is 8.17 Å². The number of fused-ring (bicyclic) bond motifs is 5. The lowest BCUT2D eigenvalue weighted by molar-refractivity contribution is 0.763. The average Bonchev–Trinajstić information content (AvgIpc) is 3.03. The molecule has 0 saturated heterocycles. The molecule has 1 aliphatic carbocycles. The Labute approximate surface area is 158 Å². The van der Waals surface area contributed by atoms with E-state index in [-0.39, 0.29) is 0 Å². The van der Waals surface area contributed by atoms with E-state index >= 15 is 0 Å². The second-order valence-corrected chi connectivity index (χ2v) is 8.09. The third-order valence-corrected chi connectivity index (χ3v) is 6.31. The fourth-order valence-corrected chi connectivity index (χ4v) is 5.24. The molecule has 0 fully saturated rings. The van der Waals surface area contributed by atoms with E-state index in [0.29, 0.717) is 5.92 Å². The maximum Gasteiger partial charge on any atom is 0.0755 e. The Morgan fingerprint density at radius 1 is 0.852 bits per heavy atom. The first-order valence-corrected chi connectivity index (χ1v) is 9.74. The highest BCUT2D eigenvalue weighted by Crippen LogP contribution is 2.44. The third kappa shape index (κ3) is 1.76. The zero-order valence-electron chi connectivity index (χ0n) is 16.0. The largest absolute Gasteiger partial charge is 0.318 e. The van der Waals surface area contributed by atoms with Crippen LogP contribution in [0, 0.1) is 0 Å². The van der Waals surface area contributed by atoms with Crippen LogP contribution in [0.3, 0.4) is 0 Å². The first-order chi connectivity index (χ1) is 13.2. The minimum absolute atomic E-state index is 0.512. The number of rotatable bonds is 1. The SMILES string of the molecule is CC1CC=c2ccc3cccc4c3c2c1c1c4c2ccccc2n1N(C)C. The molecule has 0 saturated carbocycles. The fourth-order valence-electron chi connectivity index (χ4n) is 5.24. The molecular weight excluding hydrogens is 328 g/mol. The zero-order valence-corrected chi connectivity index (χ0v) is 16.0. The average molecular weight is 350 g/mol. The predicted molar refractivity (Wildman–Crippen MR) is 117 cm³/mol. The van der Waals surface area contributed by atoms with Crippen molar-refractivity contribution < 1.29 is 0 Å². The van der Waals surface area contributed by atoms with Gasteiger partial charge in [-0.3, -0.25) is 4.68 Å². The Hall–Kier alpha value is -3.00. The summed E-state index contributed by atoms with van der Waals surface area (Å²) in [5.74, 6) is 0.512. The molecule has 4 aromatic carbocycles. The molecule has 1 aromatic heterocycles. The summed E-state index contributed by atoms with van der Waals surface area (Å²) >= 11 is 0. The molecule has 1 atom stereocenters. The van der Waals surface area contributed by atoms with Gasteiger partial charge in [-0.05, 0) is 50.7 Å². The molecule has 2 heteroatoms. The molecular formula is C25H22N2. The van der Waals surface area contributed by atoms with E-state index in [4.69, 9.17) is 0 Å². The summed E-state index contributed by atoms with van der Waals surface area (Å²) in [7, 11) is 4.30. The molecule has 5 aromatic rings. The lowest BCUT2D eigenvalue weighted by atomic mass is 9.82. The zero-order chi connectivity index (χ0) is 18.3. The second-order valence-electron chi connectivity index (χ2n) is 8.09. The highest BCUT2D eigenvalue weighted by atomic mass is 15.5. The van der Waals surface area contributed by atoms with Gasteiger partial charge in [-0.25, -0.2) is 0 Å². The van der Waals surface area contributed by atoms with Gasteiger partial charge in [0.25, 0.3) is 0 Å². The summed E-state index contributed by atoms with van der Waals surface area (Å²) in [4.78, 5) is 0. The molecule has 6 rings (SSSR count). The van der Waals surface area contributed by atoms with E-state index in [1.54, 1.807) is 0 Å². The van der Waals surface area contributed by atoms with Crippen LogP contribution in [0.4, 0.5) is 0 Å². The van der Waals surface area contributed by atoms with Crippen molar-refractivity contribution in [2.24, 2.45) is 0 Å². The van der Waals surface area contributed by atoms with Crippen LogP contribution in [0.1, 0.15) is 24.8 Å². The fraction of sp³-hybridized carbons (Fsp3) is 0.200. The molecule has 1 unspecified atom stereocenters. The number of hydrogen-bond acceptors (Lipinski definition) is 1. The summed E-state index contributed by atoms with van der Waals surface area (Å²) in [5, 5.41) is 12.0. The third-order valence-electron chi connectivity index (χ3n) is 6.31. The highest BCUT2D eigenvalue weighted by Gasteiger charge is 2.25. The second kappa shape index (κ2) is 5.04. The molecule has 1 heterocycles. The summed E-state index contributed by atoms with van der Waals surface area (Å²) in [5.41, 5.74) is 4.18. The first-order valence-electron chi connectivity index (χ1n) is 9.74. The van der Waals surface area contributed by atoms with Crippen LogP contribution in [-0.2, 0) is 0 Å². The standard InChI is InChI=1S/C25H22N2/c1-15-11-12-17-14-13-16-7-6-9-19-22(16)23(17)21(15)25-24(19)18-8-4-5-10-20(18)27(25)26(2)3/h4-10,12-15H,11H2,1-3H3. The van der Waals surface area contributed by atoms with E-state index in [1.165, 1.54) is 54.1 Å². The molecule has 1 aliphatic rings. The van der Waals surface area contributed by atoms with E-state index in [0.717, 1.165) is 6.42 Å². The van der Waals surface area contributed by atoms with Crippen molar-refractivity contribution >= 4 is 49.4 Å². The molecule has 0 bridgehead atoms. The van der Waals surface area contributed by atoms with Gasteiger partial charge in [0.15, 0.2) is 0 Å². The summed E-state index contributed by atoms with van der Waals surface area (Å²) in [6, 6.07) is 20.2.